The van der Waals surface area contributed by atoms with Gasteiger partial charge in [-0.25, -0.2) is 0 Å². The van der Waals surface area contributed by atoms with Gasteiger partial charge in [0.05, 0.1) is 23.1 Å². The van der Waals surface area contributed by atoms with Gasteiger partial charge in [0.2, 0.25) is 0 Å². The first-order valence-electron chi connectivity index (χ1n) is 11.9. The summed E-state index contributed by atoms with van der Waals surface area (Å²) < 4.78 is 0. The van der Waals surface area contributed by atoms with Crippen molar-refractivity contribution in [2.24, 2.45) is 15.4 Å². The van der Waals surface area contributed by atoms with E-state index in [1.165, 1.54) is 16.7 Å². The van der Waals surface area contributed by atoms with Crippen LogP contribution in [0, 0.1) is 55.8 Å². The molecular formula is C29H32N6. The first-order chi connectivity index (χ1) is 16.4. The van der Waals surface area contributed by atoms with Crippen LogP contribution in [0.3, 0.4) is 0 Å². The number of aliphatic imine (C=N–C) groups is 2. The fraction of sp³-hybridized carbons (Fsp3) is 0.379. The fourth-order valence-electron chi connectivity index (χ4n) is 4.60. The topological polar surface area (TPSA) is 104 Å². The molecule has 2 N–H and O–H groups in total. The Balaban J connectivity index is 1.75. The summed E-state index contributed by atoms with van der Waals surface area (Å²) in [6.45, 7) is 16.4. The Morgan fingerprint density at radius 3 is 2.00 bits per heavy atom. The highest BCUT2D eigenvalue weighted by atomic mass is 14.9. The molecule has 0 amide bonds. The maximum absolute atomic E-state index is 9.67. The number of H-pyrrole nitrogens is 2. The van der Waals surface area contributed by atoms with Gasteiger partial charge < -0.3 is 9.97 Å². The molecule has 0 fully saturated rings. The van der Waals surface area contributed by atoms with Crippen molar-refractivity contribution in [3.63, 3.8) is 0 Å². The van der Waals surface area contributed by atoms with Crippen LogP contribution in [-0.2, 0) is 0 Å². The first kappa shape index (κ1) is 24.2. The van der Waals surface area contributed by atoms with Gasteiger partial charge in [0.25, 0.3) is 0 Å². The Labute approximate surface area is 206 Å². The maximum Gasteiger partial charge on any atom is 0.149 e. The Hall–Kier alpha value is -3.90. The van der Waals surface area contributed by atoms with Gasteiger partial charge in [-0.05, 0) is 94.5 Å². The number of hydrogen-bond donors (Lipinski definition) is 2. The summed E-state index contributed by atoms with van der Waals surface area (Å²) in [5, 5.41) is 21.0. The lowest BCUT2D eigenvalue weighted by atomic mass is 9.74. The molecular weight excluding hydrogens is 432 g/mol. The minimum atomic E-state index is -0.710. The summed E-state index contributed by atoms with van der Waals surface area (Å²) in [5.41, 5.74) is 8.88. The number of nitriles is 2. The number of rotatable bonds is 3. The van der Waals surface area contributed by atoms with Crippen molar-refractivity contribution < 1.29 is 0 Å². The predicted molar refractivity (Wildman–Crippen MR) is 142 cm³/mol. The predicted octanol–water partition coefficient (Wildman–Crippen LogP) is 4.60. The van der Waals surface area contributed by atoms with Crippen molar-refractivity contribution in [1.82, 2.24) is 9.97 Å². The van der Waals surface area contributed by atoms with E-state index in [9.17, 15) is 10.5 Å². The lowest BCUT2D eigenvalue weighted by Gasteiger charge is -2.29. The highest BCUT2D eigenvalue weighted by molar-refractivity contribution is 6.12. The number of allylic oxidation sites excluding steroid dienone is 2. The average Bonchev–Trinajstić information content (AvgIpc) is 3.44. The van der Waals surface area contributed by atoms with Crippen molar-refractivity contribution in [2.45, 2.75) is 67.3 Å². The van der Waals surface area contributed by atoms with E-state index < -0.39 is 5.54 Å². The second kappa shape index (κ2) is 8.40. The molecule has 0 aliphatic carbocycles. The third kappa shape index (κ3) is 4.10. The molecule has 0 aromatic carbocycles. The minimum absolute atomic E-state index is 0.201. The molecule has 0 spiro atoms. The summed E-state index contributed by atoms with van der Waals surface area (Å²) in [4.78, 5) is 16.4. The van der Waals surface area contributed by atoms with E-state index in [0.29, 0.717) is 5.57 Å². The number of nitrogens with zero attached hydrogens (tertiary/aromatic N) is 4. The van der Waals surface area contributed by atoms with E-state index in [2.05, 4.69) is 80.8 Å². The summed E-state index contributed by atoms with van der Waals surface area (Å²) in [6.07, 6.45) is 8.81. The van der Waals surface area contributed by atoms with Crippen molar-refractivity contribution >= 4 is 29.7 Å². The molecule has 1 atom stereocenters. The molecule has 2 aromatic rings. The molecule has 6 nitrogen and oxygen atoms in total. The molecule has 2 aromatic heterocycles. The van der Waals surface area contributed by atoms with E-state index >= 15 is 0 Å². The first-order valence-corrected chi connectivity index (χ1v) is 11.9. The summed E-state index contributed by atoms with van der Waals surface area (Å²) in [6, 6.07) is 4.58. The summed E-state index contributed by atoms with van der Waals surface area (Å²) in [5.74, 6) is 0. The molecule has 4 heterocycles. The van der Waals surface area contributed by atoms with Crippen LogP contribution in [0.4, 0.5) is 0 Å². The Morgan fingerprint density at radius 1 is 0.857 bits per heavy atom. The molecule has 1 unspecified atom stereocenters. The molecule has 4 rings (SSSR count). The quantitative estimate of drug-likeness (QED) is 0.693. The zero-order valence-electron chi connectivity index (χ0n) is 21.8. The Morgan fingerprint density at radius 2 is 1.46 bits per heavy atom. The molecule has 2 aliphatic rings. The van der Waals surface area contributed by atoms with Crippen molar-refractivity contribution in [3.8, 4) is 12.1 Å². The summed E-state index contributed by atoms with van der Waals surface area (Å²) >= 11 is 0. The van der Waals surface area contributed by atoms with E-state index in [0.717, 1.165) is 51.2 Å². The second-order valence-electron chi connectivity index (χ2n) is 10.5. The number of aromatic nitrogens is 2. The fourth-order valence-corrected chi connectivity index (χ4v) is 4.60. The van der Waals surface area contributed by atoms with Crippen molar-refractivity contribution in [1.29, 1.82) is 10.5 Å². The van der Waals surface area contributed by atoms with Crippen LogP contribution in [0.15, 0.2) is 27.3 Å². The highest BCUT2D eigenvalue weighted by Gasteiger charge is 2.46. The van der Waals surface area contributed by atoms with Crippen LogP contribution in [0.2, 0.25) is 0 Å². The molecule has 6 heteroatoms. The largest absolute Gasteiger partial charge is 0.355 e. The molecule has 0 saturated carbocycles. The van der Waals surface area contributed by atoms with Crippen molar-refractivity contribution in [2.75, 3.05) is 0 Å². The number of aromatic amines is 2. The molecule has 178 valence electrons. The zero-order chi connectivity index (χ0) is 25.7. The lowest BCUT2D eigenvalue weighted by Crippen LogP contribution is -2.34. The third-order valence-electron chi connectivity index (χ3n) is 7.80. The van der Waals surface area contributed by atoms with Crippen LogP contribution in [0.1, 0.15) is 67.8 Å². The lowest BCUT2D eigenvalue weighted by molar-refractivity contribution is 0.276. The van der Waals surface area contributed by atoms with Gasteiger partial charge in [-0.15, -0.1) is 0 Å². The Kier molecular flexibility index (Phi) is 5.81. The molecule has 0 bridgehead atoms. The number of nitrogens with one attached hydrogen (secondary N) is 2. The summed E-state index contributed by atoms with van der Waals surface area (Å²) in [7, 11) is 0. The minimum Gasteiger partial charge on any atom is -0.355 e. The molecule has 0 radical (unpaired) electrons. The standard InChI is InChI=1S/C29H32N6/c1-16-18(3)26(33-24(16)10-22-9-21(14-30)20(5)32-22)12-27-19(4)17(2)25(34-27)11-23-13-28(6,7)29(8,15-31)35-23/h9-12,33-34H,13H2,1-8H3/b22-10-,25-11-,27-12-. The van der Waals surface area contributed by atoms with Crippen LogP contribution < -0.4 is 10.7 Å². The molecule has 0 saturated heterocycles. The van der Waals surface area contributed by atoms with Crippen LogP contribution in [0.25, 0.3) is 18.2 Å². The Bertz CT molecular complexity index is 1570. The van der Waals surface area contributed by atoms with Crippen LogP contribution in [0.5, 0.6) is 0 Å². The molecule has 35 heavy (non-hydrogen) atoms. The smallest absolute Gasteiger partial charge is 0.149 e. The van der Waals surface area contributed by atoms with Crippen LogP contribution >= 0.6 is 0 Å². The van der Waals surface area contributed by atoms with E-state index in [1.807, 2.05) is 26.0 Å². The normalized spacial score (nSPS) is 23.4. The van der Waals surface area contributed by atoms with Gasteiger partial charge in [0.15, 0.2) is 0 Å². The van der Waals surface area contributed by atoms with Crippen molar-refractivity contribution in [3.05, 3.63) is 61.7 Å². The average molecular weight is 465 g/mol. The maximum atomic E-state index is 9.67. The van der Waals surface area contributed by atoms with Gasteiger partial charge in [0, 0.05) is 33.2 Å². The van der Waals surface area contributed by atoms with Gasteiger partial charge in [-0.1, -0.05) is 13.8 Å². The van der Waals surface area contributed by atoms with E-state index in [1.54, 1.807) is 0 Å². The molecule has 2 aliphatic heterocycles. The SMILES string of the molecule is CC1=N/C(=C\c2[nH]c(/C=c3\[nH]/c(=C\C4=NC(C)(C#N)C(C)(C)C4)c(C)c3C)c(C)c2C)C=C1C#N. The van der Waals surface area contributed by atoms with E-state index in [-0.39, 0.29) is 5.41 Å². The highest BCUT2D eigenvalue weighted by Crippen LogP contribution is 2.42. The van der Waals surface area contributed by atoms with Gasteiger partial charge in [-0.3, -0.25) is 9.98 Å². The monoisotopic (exact) mass is 464 g/mol. The van der Waals surface area contributed by atoms with Gasteiger partial charge in [-0.2, -0.15) is 10.5 Å². The third-order valence-corrected chi connectivity index (χ3v) is 7.80. The zero-order valence-corrected chi connectivity index (χ0v) is 21.8. The van der Waals surface area contributed by atoms with E-state index in [4.69, 9.17) is 4.99 Å². The van der Waals surface area contributed by atoms with Gasteiger partial charge >= 0.3 is 0 Å². The number of hydrogen-bond acceptors (Lipinski definition) is 4. The van der Waals surface area contributed by atoms with Gasteiger partial charge in [0.1, 0.15) is 11.6 Å². The van der Waals surface area contributed by atoms with Crippen LogP contribution in [-0.4, -0.2) is 26.9 Å². The second-order valence-corrected chi connectivity index (χ2v) is 10.5.